The topological polar surface area (TPSA) is 35.5 Å². The van der Waals surface area contributed by atoms with Gasteiger partial charge in [-0.25, -0.2) is 4.79 Å². The van der Waals surface area contributed by atoms with Crippen LogP contribution < -0.4 is 4.74 Å². The van der Waals surface area contributed by atoms with Gasteiger partial charge >= 0.3 is 5.97 Å². The molecule has 0 radical (unpaired) electrons. The van der Waals surface area contributed by atoms with Gasteiger partial charge in [0.2, 0.25) is 0 Å². The smallest absolute Gasteiger partial charge is 0.337 e. The fraction of sp³-hybridized carbons (Fsp3) is 0.417. The Kier molecular flexibility index (Phi) is 3.35. The zero-order valence-electron chi connectivity index (χ0n) is 9.53. The molecule has 0 aromatic heterocycles. The molecule has 0 aliphatic rings. The molecule has 0 aliphatic carbocycles. The van der Waals surface area contributed by atoms with Crippen molar-refractivity contribution in [3.63, 3.8) is 0 Å². The van der Waals surface area contributed by atoms with Gasteiger partial charge in [-0.1, -0.05) is 0 Å². The average molecular weight is 208 g/mol. The molecule has 1 aromatic carbocycles. The molecule has 0 spiro atoms. The second-order valence-electron chi connectivity index (χ2n) is 4.23. The fourth-order valence-corrected chi connectivity index (χ4v) is 1.13. The van der Waals surface area contributed by atoms with E-state index in [1.807, 2.05) is 20.8 Å². The Hall–Kier alpha value is -1.51. The summed E-state index contributed by atoms with van der Waals surface area (Å²) in [5, 5.41) is 0. The summed E-state index contributed by atoms with van der Waals surface area (Å²) in [5.74, 6) is 0.410. The van der Waals surface area contributed by atoms with E-state index in [4.69, 9.17) is 4.74 Å². The van der Waals surface area contributed by atoms with Crippen LogP contribution in [0.15, 0.2) is 24.3 Å². The highest BCUT2D eigenvalue weighted by Crippen LogP contribution is 2.18. The molecular formula is C12H16O3. The van der Waals surface area contributed by atoms with E-state index in [0.29, 0.717) is 5.56 Å². The average Bonchev–Trinajstić information content (AvgIpc) is 2.15. The minimum absolute atomic E-state index is 0.229. The lowest BCUT2D eigenvalue weighted by Crippen LogP contribution is -2.22. The van der Waals surface area contributed by atoms with E-state index in [1.54, 1.807) is 24.3 Å². The maximum Gasteiger partial charge on any atom is 0.337 e. The number of ether oxygens (including phenoxy) is 2. The van der Waals surface area contributed by atoms with E-state index < -0.39 is 0 Å². The molecule has 0 N–H and O–H groups in total. The Morgan fingerprint density at radius 2 is 1.67 bits per heavy atom. The minimum Gasteiger partial charge on any atom is -0.488 e. The molecule has 1 rings (SSSR count). The molecule has 0 fully saturated rings. The standard InChI is InChI=1S/C12H16O3/c1-12(2,3)15-10-7-5-9(6-8-10)11(13)14-4/h5-8H,1-4H3. The van der Waals surface area contributed by atoms with E-state index in [-0.39, 0.29) is 11.6 Å². The lowest BCUT2D eigenvalue weighted by Gasteiger charge is -2.21. The molecule has 3 heteroatoms. The maximum atomic E-state index is 11.1. The molecule has 0 saturated heterocycles. The molecule has 82 valence electrons. The van der Waals surface area contributed by atoms with Crippen LogP contribution >= 0.6 is 0 Å². The number of esters is 1. The van der Waals surface area contributed by atoms with Crippen molar-refractivity contribution in [2.75, 3.05) is 7.11 Å². The number of hydrogen-bond acceptors (Lipinski definition) is 3. The Balaban J connectivity index is 2.77. The molecule has 3 nitrogen and oxygen atoms in total. The summed E-state index contributed by atoms with van der Waals surface area (Å²) in [6.45, 7) is 5.92. The first-order chi connectivity index (χ1) is 6.92. The highest BCUT2D eigenvalue weighted by atomic mass is 16.5. The van der Waals surface area contributed by atoms with Crippen LogP contribution in [0.4, 0.5) is 0 Å². The van der Waals surface area contributed by atoms with Crippen LogP contribution in [0, 0.1) is 0 Å². The van der Waals surface area contributed by atoms with Crippen LogP contribution in [0.5, 0.6) is 5.75 Å². The minimum atomic E-state index is -0.336. The van der Waals surface area contributed by atoms with Gasteiger partial charge in [0.15, 0.2) is 0 Å². The molecular weight excluding hydrogens is 192 g/mol. The predicted octanol–water partition coefficient (Wildman–Crippen LogP) is 2.65. The summed E-state index contributed by atoms with van der Waals surface area (Å²) in [4.78, 5) is 11.1. The van der Waals surface area contributed by atoms with Gasteiger partial charge in [0.1, 0.15) is 11.4 Å². The van der Waals surface area contributed by atoms with Crippen molar-refractivity contribution >= 4 is 5.97 Å². The van der Waals surface area contributed by atoms with Gasteiger partial charge < -0.3 is 9.47 Å². The van der Waals surface area contributed by atoms with Gasteiger partial charge in [-0.15, -0.1) is 0 Å². The van der Waals surface area contributed by atoms with E-state index in [1.165, 1.54) is 7.11 Å². The second kappa shape index (κ2) is 4.34. The second-order valence-corrected chi connectivity index (χ2v) is 4.23. The Morgan fingerprint density at radius 3 is 2.07 bits per heavy atom. The van der Waals surface area contributed by atoms with Crippen molar-refractivity contribution in [1.82, 2.24) is 0 Å². The van der Waals surface area contributed by atoms with Crippen LogP contribution in [-0.2, 0) is 4.74 Å². The normalized spacial score (nSPS) is 10.9. The lowest BCUT2D eigenvalue weighted by molar-refractivity contribution is 0.0600. The summed E-state index contributed by atoms with van der Waals surface area (Å²) in [7, 11) is 1.36. The first kappa shape index (κ1) is 11.6. The van der Waals surface area contributed by atoms with Crippen molar-refractivity contribution in [1.29, 1.82) is 0 Å². The zero-order valence-corrected chi connectivity index (χ0v) is 9.53. The summed E-state index contributed by atoms with van der Waals surface area (Å²) in [6, 6.07) is 6.90. The first-order valence-electron chi connectivity index (χ1n) is 4.80. The maximum absolute atomic E-state index is 11.1. The fourth-order valence-electron chi connectivity index (χ4n) is 1.13. The van der Waals surface area contributed by atoms with E-state index >= 15 is 0 Å². The molecule has 0 amide bonds. The number of methoxy groups -OCH3 is 1. The number of carbonyl (C=O) groups is 1. The van der Waals surface area contributed by atoms with Gasteiger partial charge in [-0.05, 0) is 45.0 Å². The molecule has 15 heavy (non-hydrogen) atoms. The van der Waals surface area contributed by atoms with Crippen LogP contribution in [0.2, 0.25) is 0 Å². The largest absolute Gasteiger partial charge is 0.488 e. The number of carbonyl (C=O) groups excluding carboxylic acids is 1. The Labute approximate surface area is 90.0 Å². The van der Waals surface area contributed by atoms with Crippen molar-refractivity contribution in [3.8, 4) is 5.75 Å². The van der Waals surface area contributed by atoms with Gasteiger partial charge in [-0.2, -0.15) is 0 Å². The first-order valence-corrected chi connectivity index (χ1v) is 4.80. The van der Waals surface area contributed by atoms with Crippen molar-refractivity contribution in [2.45, 2.75) is 26.4 Å². The Morgan fingerprint density at radius 1 is 1.13 bits per heavy atom. The quantitative estimate of drug-likeness (QED) is 0.701. The SMILES string of the molecule is COC(=O)c1ccc(OC(C)(C)C)cc1. The molecule has 0 heterocycles. The van der Waals surface area contributed by atoms with E-state index in [0.717, 1.165) is 5.75 Å². The van der Waals surface area contributed by atoms with Gasteiger partial charge in [0.25, 0.3) is 0 Å². The van der Waals surface area contributed by atoms with Crippen molar-refractivity contribution < 1.29 is 14.3 Å². The van der Waals surface area contributed by atoms with Crippen LogP contribution in [0.25, 0.3) is 0 Å². The monoisotopic (exact) mass is 208 g/mol. The number of benzene rings is 1. The Bertz CT molecular complexity index is 333. The van der Waals surface area contributed by atoms with E-state index in [2.05, 4.69) is 4.74 Å². The van der Waals surface area contributed by atoms with Crippen molar-refractivity contribution in [3.05, 3.63) is 29.8 Å². The summed E-state index contributed by atoms with van der Waals surface area (Å²) >= 11 is 0. The molecule has 0 saturated carbocycles. The molecule has 1 aromatic rings. The summed E-state index contributed by atoms with van der Waals surface area (Å²) in [6.07, 6.45) is 0. The van der Waals surface area contributed by atoms with Crippen LogP contribution in [0.1, 0.15) is 31.1 Å². The van der Waals surface area contributed by atoms with Crippen LogP contribution in [-0.4, -0.2) is 18.7 Å². The van der Waals surface area contributed by atoms with Gasteiger partial charge in [0.05, 0.1) is 12.7 Å². The summed E-state index contributed by atoms with van der Waals surface area (Å²) in [5.41, 5.74) is 0.297. The highest BCUT2D eigenvalue weighted by molar-refractivity contribution is 5.89. The highest BCUT2D eigenvalue weighted by Gasteiger charge is 2.12. The van der Waals surface area contributed by atoms with E-state index in [9.17, 15) is 4.79 Å². The number of rotatable bonds is 2. The third-order valence-corrected chi connectivity index (χ3v) is 1.70. The molecule has 0 atom stereocenters. The third kappa shape index (κ3) is 3.62. The molecule has 0 bridgehead atoms. The van der Waals surface area contributed by atoms with Crippen molar-refractivity contribution in [2.24, 2.45) is 0 Å². The molecule has 0 unspecified atom stereocenters. The lowest BCUT2D eigenvalue weighted by atomic mass is 10.2. The molecule has 0 aliphatic heterocycles. The number of hydrogen-bond donors (Lipinski definition) is 0. The van der Waals surface area contributed by atoms with Crippen LogP contribution in [0.3, 0.4) is 0 Å². The van der Waals surface area contributed by atoms with Gasteiger partial charge in [0, 0.05) is 0 Å². The third-order valence-electron chi connectivity index (χ3n) is 1.70. The predicted molar refractivity (Wildman–Crippen MR) is 58.2 cm³/mol. The summed E-state index contributed by atoms with van der Waals surface area (Å²) < 4.78 is 10.2. The van der Waals surface area contributed by atoms with Gasteiger partial charge in [-0.3, -0.25) is 0 Å². The zero-order chi connectivity index (χ0) is 11.5.